The fourth-order valence-electron chi connectivity index (χ4n) is 8.45. The van der Waals surface area contributed by atoms with E-state index >= 15 is 0 Å². The van der Waals surface area contributed by atoms with E-state index in [4.69, 9.17) is 67.2 Å². The van der Waals surface area contributed by atoms with Crippen LogP contribution in [0.3, 0.4) is 0 Å². The topological polar surface area (TPSA) is 13.1 Å². The summed E-state index contributed by atoms with van der Waals surface area (Å²) in [6, 6.07) is 41.0. The summed E-state index contributed by atoms with van der Waals surface area (Å²) in [5.41, 5.74) is 8.05. The first kappa shape index (κ1) is 33.9. The Morgan fingerprint density at radius 3 is 1.40 bits per heavy atom. The Bertz CT molecular complexity index is 3220. The van der Waals surface area contributed by atoms with Crippen molar-refractivity contribution in [2.24, 2.45) is 0 Å². The summed E-state index contributed by atoms with van der Waals surface area (Å²) < 4.78 is 6.38. The third-order valence-electron chi connectivity index (χ3n) is 11.2. The van der Waals surface area contributed by atoms with Crippen LogP contribution in [0.5, 0.6) is 0 Å². The molecule has 10 rings (SSSR count). The van der Waals surface area contributed by atoms with Crippen LogP contribution in [-0.2, 0) is 0 Å². The Hall–Kier alpha value is -5.66. The van der Waals surface area contributed by atoms with Gasteiger partial charge in [-0.3, -0.25) is 0 Å². The van der Waals surface area contributed by atoms with Gasteiger partial charge in [0.05, 0.1) is 0 Å². The Morgan fingerprint density at radius 2 is 0.800 bits per heavy atom. The van der Waals surface area contributed by atoms with Crippen LogP contribution in [0.2, 0.25) is 0 Å². The molecule has 9 heteroatoms. The predicted molar refractivity (Wildman–Crippen MR) is 243 cm³/mol. The lowest BCUT2D eigenvalue weighted by molar-refractivity contribution is 0.669. The summed E-state index contributed by atoms with van der Waals surface area (Å²) in [6.45, 7) is 0. The first-order valence-electron chi connectivity index (χ1n) is 17.8. The molecule has 0 aliphatic heterocycles. The Kier molecular flexibility index (Phi) is 7.66. The molecule has 0 fully saturated rings. The summed E-state index contributed by atoms with van der Waals surface area (Å²) in [4.78, 5) is 0. The van der Waals surface area contributed by atoms with Gasteiger partial charge in [-0.2, -0.15) is 0 Å². The van der Waals surface area contributed by atoms with Gasteiger partial charge in [0.2, 0.25) is 0 Å². The zero-order valence-corrected chi connectivity index (χ0v) is 29.6. The standard InChI is InChI=1S/C46H20B8O/c47-39-35-33(25-14-15-31-29(18-25)30-17-22-10-4-5-11-23(22)20-32(30)55-31)36-38(42(50)46(54)44(52)40(36)48)34(37(35)41(49)45(53)43(39)51)26-16-24-12-6-7-13-27(24)28(19-26)21-8-2-1-3-9-21/h1-20H. The molecule has 0 aliphatic rings. The van der Waals surface area contributed by atoms with Gasteiger partial charge in [-0.15, -0.1) is 21.9 Å². The SMILES string of the molecule is [B]c1c([B])c([B])c2c(-c3ccc4oc5cc6ccccc6cc5c4c3)c3c([B])c([B])c([B])c([B])c3c(-c3cc(-c4ccccc4)c4ccccc4c3)c2c1[B]. The van der Waals surface area contributed by atoms with Gasteiger partial charge in [-0.1, -0.05) is 107 Å². The van der Waals surface area contributed by atoms with Crippen LogP contribution in [0.15, 0.2) is 126 Å². The van der Waals surface area contributed by atoms with E-state index in [1.807, 2.05) is 54.6 Å². The van der Waals surface area contributed by atoms with Crippen molar-refractivity contribution in [1.82, 2.24) is 0 Å². The molecule has 1 nitrogen and oxygen atoms in total. The Labute approximate surface area is 329 Å². The molecule has 1 aromatic heterocycles. The normalized spacial score (nSPS) is 11.9. The molecule has 16 radical (unpaired) electrons. The lowest BCUT2D eigenvalue weighted by atomic mass is 9.59. The molecule has 0 unspecified atom stereocenters. The molecule has 0 atom stereocenters. The van der Waals surface area contributed by atoms with Crippen molar-refractivity contribution >= 4 is 172 Å². The predicted octanol–water partition coefficient (Wildman–Crippen LogP) is 3.55. The highest BCUT2D eigenvalue weighted by atomic mass is 16.3. The molecule has 55 heavy (non-hydrogen) atoms. The first-order valence-corrected chi connectivity index (χ1v) is 17.8. The van der Waals surface area contributed by atoms with Gasteiger partial charge < -0.3 is 4.42 Å². The van der Waals surface area contributed by atoms with Gasteiger partial charge in [0.25, 0.3) is 0 Å². The maximum absolute atomic E-state index is 7.08. The molecule has 0 saturated carbocycles. The highest BCUT2D eigenvalue weighted by Gasteiger charge is 2.26. The molecule has 9 aromatic carbocycles. The fraction of sp³-hybridized carbons (Fsp3) is 0. The molecule has 0 spiro atoms. The summed E-state index contributed by atoms with van der Waals surface area (Å²) in [7, 11) is 55.0. The van der Waals surface area contributed by atoms with E-state index in [9.17, 15) is 0 Å². The molecule has 0 bridgehead atoms. The molecule has 0 aliphatic carbocycles. The van der Waals surface area contributed by atoms with Crippen LogP contribution in [0.4, 0.5) is 0 Å². The summed E-state index contributed by atoms with van der Waals surface area (Å²) >= 11 is 0. The van der Waals surface area contributed by atoms with Crippen molar-refractivity contribution in [3.05, 3.63) is 121 Å². The first-order chi connectivity index (χ1) is 26.6. The molecule has 1 heterocycles. The third-order valence-corrected chi connectivity index (χ3v) is 11.2. The van der Waals surface area contributed by atoms with E-state index < -0.39 is 0 Å². The maximum Gasteiger partial charge on any atom is 0.136 e. The largest absolute Gasteiger partial charge is 0.456 e. The average Bonchev–Trinajstić information content (AvgIpc) is 3.57. The quantitative estimate of drug-likeness (QED) is 0.207. The molecule has 10 aromatic rings. The van der Waals surface area contributed by atoms with E-state index in [-0.39, 0.29) is 43.7 Å². The zero-order valence-electron chi connectivity index (χ0n) is 29.6. The van der Waals surface area contributed by atoms with Crippen molar-refractivity contribution in [3.63, 3.8) is 0 Å². The number of hydrogen-bond donors (Lipinski definition) is 0. The van der Waals surface area contributed by atoms with Crippen molar-refractivity contribution < 1.29 is 4.42 Å². The minimum atomic E-state index is 0.163. The summed E-state index contributed by atoms with van der Waals surface area (Å²) in [5, 5.41) is 8.37. The number of hydrogen-bond acceptors (Lipinski definition) is 1. The lowest BCUT2D eigenvalue weighted by Crippen LogP contribution is -2.50. The van der Waals surface area contributed by atoms with E-state index in [0.29, 0.717) is 32.7 Å². The second kappa shape index (κ2) is 12.4. The van der Waals surface area contributed by atoms with E-state index in [1.165, 1.54) is 0 Å². The van der Waals surface area contributed by atoms with Crippen LogP contribution in [-0.4, -0.2) is 62.8 Å². The zero-order chi connectivity index (χ0) is 37.9. The van der Waals surface area contributed by atoms with Crippen LogP contribution >= 0.6 is 0 Å². The fourth-order valence-corrected chi connectivity index (χ4v) is 8.45. The average molecular weight is 675 g/mol. The van der Waals surface area contributed by atoms with Gasteiger partial charge in [0.1, 0.15) is 73.9 Å². The van der Waals surface area contributed by atoms with E-state index in [1.54, 1.807) is 0 Å². The molecule has 234 valence electrons. The van der Waals surface area contributed by atoms with Gasteiger partial charge in [-0.05, 0) is 113 Å². The highest BCUT2D eigenvalue weighted by molar-refractivity contribution is 6.71. The maximum atomic E-state index is 7.08. The summed E-state index contributed by atoms with van der Waals surface area (Å²) in [6.07, 6.45) is 0. The Morgan fingerprint density at radius 1 is 0.309 bits per heavy atom. The van der Waals surface area contributed by atoms with Crippen LogP contribution in [0, 0.1) is 0 Å². The van der Waals surface area contributed by atoms with Gasteiger partial charge >= 0.3 is 0 Å². The van der Waals surface area contributed by atoms with Gasteiger partial charge in [0, 0.05) is 10.8 Å². The number of benzene rings is 9. The molecule has 0 N–H and O–H groups in total. The van der Waals surface area contributed by atoms with Crippen molar-refractivity contribution in [2.45, 2.75) is 0 Å². The minimum Gasteiger partial charge on any atom is -0.456 e. The van der Waals surface area contributed by atoms with Gasteiger partial charge in [0.15, 0.2) is 0 Å². The smallest absolute Gasteiger partial charge is 0.136 e. The number of furan rings is 1. The molecular formula is C46H20B8O. The third kappa shape index (κ3) is 4.91. The van der Waals surface area contributed by atoms with Crippen molar-refractivity contribution in [3.8, 4) is 33.4 Å². The molecule has 0 saturated heterocycles. The van der Waals surface area contributed by atoms with Crippen LogP contribution in [0.25, 0.3) is 98.4 Å². The second-order valence-electron chi connectivity index (χ2n) is 14.2. The molecule has 0 amide bonds. The Balaban J connectivity index is 1.42. The van der Waals surface area contributed by atoms with Gasteiger partial charge in [-0.25, -0.2) is 0 Å². The van der Waals surface area contributed by atoms with Crippen molar-refractivity contribution in [1.29, 1.82) is 0 Å². The lowest BCUT2D eigenvalue weighted by Gasteiger charge is -2.29. The minimum absolute atomic E-state index is 0.163. The van der Waals surface area contributed by atoms with E-state index in [0.717, 1.165) is 65.7 Å². The monoisotopic (exact) mass is 676 g/mol. The molecular weight excluding hydrogens is 655 g/mol. The second-order valence-corrected chi connectivity index (χ2v) is 14.2. The van der Waals surface area contributed by atoms with E-state index in [2.05, 4.69) is 66.7 Å². The van der Waals surface area contributed by atoms with Crippen LogP contribution in [0.1, 0.15) is 0 Å². The number of rotatable bonds is 3. The number of fused-ring (bicyclic) bond motifs is 7. The van der Waals surface area contributed by atoms with Crippen molar-refractivity contribution in [2.75, 3.05) is 0 Å². The summed E-state index contributed by atoms with van der Waals surface area (Å²) in [5.74, 6) is 0. The highest BCUT2D eigenvalue weighted by Crippen LogP contribution is 2.44. The van der Waals surface area contributed by atoms with Crippen LogP contribution < -0.4 is 43.7 Å².